The summed E-state index contributed by atoms with van der Waals surface area (Å²) < 4.78 is 0. The number of carboxylic acids is 1. The van der Waals surface area contributed by atoms with E-state index in [1.165, 1.54) is 4.90 Å². The van der Waals surface area contributed by atoms with Gasteiger partial charge >= 0.3 is 5.97 Å². The third-order valence-corrected chi connectivity index (χ3v) is 5.23. The van der Waals surface area contributed by atoms with E-state index >= 15 is 0 Å². The van der Waals surface area contributed by atoms with Crippen LogP contribution in [0, 0.1) is 0 Å². The Bertz CT molecular complexity index is 400. The van der Waals surface area contributed by atoms with Crippen molar-refractivity contribution < 1.29 is 9.90 Å². The van der Waals surface area contributed by atoms with Gasteiger partial charge in [0.25, 0.3) is 0 Å². The van der Waals surface area contributed by atoms with E-state index in [4.69, 9.17) is 5.11 Å². The van der Waals surface area contributed by atoms with Gasteiger partial charge < -0.3 is 5.11 Å². The number of nitrogens with zero attached hydrogens (tertiary/aromatic N) is 1. The summed E-state index contributed by atoms with van der Waals surface area (Å²) in [6, 6.07) is 10.6. The van der Waals surface area contributed by atoms with Gasteiger partial charge in [-0.25, -0.2) is 0 Å². The second kappa shape index (κ2) is 7.82. The number of benzene rings is 1. The standard InChI is InChI=1S/C14H19NO2S2/c16-14(17)10-12-11-18-8-6-15(12)7-9-19-13-4-2-1-3-5-13/h1-5,12H,6-11H2,(H,16,17). The highest BCUT2D eigenvalue weighted by molar-refractivity contribution is 7.99. The fourth-order valence-electron chi connectivity index (χ4n) is 2.17. The van der Waals surface area contributed by atoms with Gasteiger partial charge in [0.2, 0.25) is 0 Å². The van der Waals surface area contributed by atoms with Crippen LogP contribution in [0.2, 0.25) is 0 Å². The maximum Gasteiger partial charge on any atom is 0.304 e. The molecule has 1 saturated heterocycles. The summed E-state index contributed by atoms with van der Waals surface area (Å²) >= 11 is 3.71. The van der Waals surface area contributed by atoms with Crippen LogP contribution in [0.5, 0.6) is 0 Å². The van der Waals surface area contributed by atoms with Crippen LogP contribution in [0.4, 0.5) is 0 Å². The van der Waals surface area contributed by atoms with Crippen LogP contribution >= 0.6 is 23.5 Å². The largest absolute Gasteiger partial charge is 0.481 e. The van der Waals surface area contributed by atoms with Gasteiger partial charge in [-0.1, -0.05) is 18.2 Å². The van der Waals surface area contributed by atoms with Gasteiger partial charge in [-0.3, -0.25) is 9.69 Å². The number of thioether (sulfide) groups is 2. The molecule has 0 spiro atoms. The Morgan fingerprint density at radius 3 is 2.95 bits per heavy atom. The zero-order chi connectivity index (χ0) is 13.5. The van der Waals surface area contributed by atoms with Gasteiger partial charge in [0.05, 0.1) is 6.42 Å². The molecule has 3 nitrogen and oxygen atoms in total. The lowest BCUT2D eigenvalue weighted by molar-refractivity contribution is -0.138. The Balaban J connectivity index is 1.78. The van der Waals surface area contributed by atoms with Crippen LogP contribution < -0.4 is 0 Å². The van der Waals surface area contributed by atoms with Crippen molar-refractivity contribution in [1.29, 1.82) is 0 Å². The van der Waals surface area contributed by atoms with Crippen LogP contribution in [-0.2, 0) is 4.79 Å². The lowest BCUT2D eigenvalue weighted by Crippen LogP contribution is -2.44. The van der Waals surface area contributed by atoms with Crippen molar-refractivity contribution in [2.45, 2.75) is 17.4 Å². The number of carbonyl (C=O) groups is 1. The van der Waals surface area contributed by atoms with Crippen molar-refractivity contribution in [3.05, 3.63) is 30.3 Å². The summed E-state index contributed by atoms with van der Waals surface area (Å²) in [5.74, 6) is 2.40. The fraction of sp³-hybridized carbons (Fsp3) is 0.500. The Morgan fingerprint density at radius 1 is 1.42 bits per heavy atom. The molecule has 104 valence electrons. The Kier molecular flexibility index (Phi) is 6.07. The van der Waals surface area contributed by atoms with E-state index in [0.717, 1.165) is 30.3 Å². The Hall–Kier alpha value is -0.650. The number of hydrogen-bond acceptors (Lipinski definition) is 4. The molecule has 0 bridgehead atoms. The third-order valence-electron chi connectivity index (χ3n) is 3.15. The van der Waals surface area contributed by atoms with Crippen molar-refractivity contribution >= 4 is 29.5 Å². The van der Waals surface area contributed by atoms with E-state index in [1.807, 2.05) is 41.7 Å². The highest BCUT2D eigenvalue weighted by Gasteiger charge is 2.24. The average Bonchev–Trinajstić information content (AvgIpc) is 2.41. The molecule has 0 aromatic heterocycles. The molecule has 1 aliphatic rings. The molecular formula is C14H19NO2S2. The quantitative estimate of drug-likeness (QED) is 0.818. The summed E-state index contributed by atoms with van der Waals surface area (Å²) in [7, 11) is 0. The average molecular weight is 297 g/mol. The fourth-order valence-corrected chi connectivity index (χ4v) is 4.21. The highest BCUT2D eigenvalue weighted by Crippen LogP contribution is 2.21. The molecule has 1 atom stereocenters. The molecule has 1 unspecified atom stereocenters. The molecule has 1 aromatic carbocycles. The van der Waals surface area contributed by atoms with Crippen molar-refractivity contribution in [3.8, 4) is 0 Å². The third kappa shape index (κ3) is 5.09. The molecule has 1 heterocycles. The van der Waals surface area contributed by atoms with Gasteiger partial charge in [-0.15, -0.1) is 11.8 Å². The molecular weight excluding hydrogens is 278 g/mol. The molecule has 2 rings (SSSR count). The summed E-state index contributed by atoms with van der Waals surface area (Å²) in [5, 5.41) is 8.95. The summed E-state index contributed by atoms with van der Waals surface area (Å²) in [4.78, 5) is 14.5. The SMILES string of the molecule is O=C(O)CC1CSCCN1CCSc1ccccc1. The summed E-state index contributed by atoms with van der Waals surface area (Å²) in [6.07, 6.45) is 0.267. The van der Waals surface area contributed by atoms with Crippen molar-refractivity contribution in [3.63, 3.8) is 0 Å². The molecule has 19 heavy (non-hydrogen) atoms. The first kappa shape index (κ1) is 14.8. The van der Waals surface area contributed by atoms with Gasteiger partial charge in [-0.05, 0) is 12.1 Å². The maximum atomic E-state index is 10.9. The number of carboxylic acid groups (broad SMARTS) is 1. The Morgan fingerprint density at radius 2 is 2.21 bits per heavy atom. The minimum Gasteiger partial charge on any atom is -0.481 e. The maximum absolute atomic E-state index is 10.9. The molecule has 0 saturated carbocycles. The van der Waals surface area contributed by atoms with Gasteiger partial charge in [0.1, 0.15) is 0 Å². The van der Waals surface area contributed by atoms with E-state index in [-0.39, 0.29) is 12.5 Å². The number of rotatable bonds is 6. The molecule has 1 aliphatic heterocycles. The van der Waals surface area contributed by atoms with Crippen LogP contribution in [0.15, 0.2) is 35.2 Å². The smallest absolute Gasteiger partial charge is 0.304 e. The Labute approximate surface area is 122 Å². The predicted octanol–water partition coefficient (Wildman–Crippen LogP) is 2.67. The van der Waals surface area contributed by atoms with Gasteiger partial charge in [0, 0.05) is 41.3 Å². The van der Waals surface area contributed by atoms with Crippen LogP contribution in [0.25, 0.3) is 0 Å². The minimum atomic E-state index is -0.687. The first-order valence-corrected chi connectivity index (χ1v) is 8.61. The molecule has 5 heteroatoms. The normalized spacial score (nSPS) is 20.3. The van der Waals surface area contributed by atoms with E-state index in [9.17, 15) is 4.79 Å². The topological polar surface area (TPSA) is 40.5 Å². The van der Waals surface area contributed by atoms with Crippen molar-refractivity contribution in [2.75, 3.05) is 30.3 Å². The molecule has 1 aromatic rings. The zero-order valence-electron chi connectivity index (χ0n) is 10.8. The van der Waals surface area contributed by atoms with E-state index in [0.29, 0.717) is 0 Å². The lowest BCUT2D eigenvalue weighted by atomic mass is 10.2. The van der Waals surface area contributed by atoms with E-state index < -0.39 is 5.97 Å². The predicted molar refractivity (Wildman–Crippen MR) is 82.1 cm³/mol. The first-order chi connectivity index (χ1) is 9.25. The molecule has 0 amide bonds. The first-order valence-electron chi connectivity index (χ1n) is 6.47. The van der Waals surface area contributed by atoms with Crippen molar-refractivity contribution in [2.24, 2.45) is 0 Å². The van der Waals surface area contributed by atoms with E-state index in [2.05, 4.69) is 17.0 Å². The van der Waals surface area contributed by atoms with Crippen LogP contribution in [0.1, 0.15) is 6.42 Å². The van der Waals surface area contributed by atoms with Crippen molar-refractivity contribution in [1.82, 2.24) is 4.90 Å². The summed E-state index contributed by atoms with van der Waals surface area (Å²) in [6.45, 7) is 1.98. The highest BCUT2D eigenvalue weighted by atomic mass is 32.2. The number of hydrogen-bond donors (Lipinski definition) is 1. The van der Waals surface area contributed by atoms with Crippen LogP contribution in [-0.4, -0.2) is 52.4 Å². The number of aliphatic carboxylic acids is 1. The van der Waals surface area contributed by atoms with Gasteiger partial charge in [0.15, 0.2) is 0 Å². The molecule has 1 fully saturated rings. The second-order valence-electron chi connectivity index (χ2n) is 4.52. The molecule has 0 aliphatic carbocycles. The molecule has 1 N–H and O–H groups in total. The second-order valence-corrected chi connectivity index (χ2v) is 6.84. The molecule has 0 radical (unpaired) electrons. The lowest BCUT2D eigenvalue weighted by Gasteiger charge is -2.34. The monoisotopic (exact) mass is 297 g/mol. The minimum absolute atomic E-state index is 0.202. The van der Waals surface area contributed by atoms with E-state index in [1.54, 1.807) is 0 Å². The summed E-state index contributed by atoms with van der Waals surface area (Å²) in [5.41, 5.74) is 0. The van der Waals surface area contributed by atoms with Crippen LogP contribution in [0.3, 0.4) is 0 Å². The zero-order valence-corrected chi connectivity index (χ0v) is 12.5. The van der Waals surface area contributed by atoms with Gasteiger partial charge in [-0.2, -0.15) is 11.8 Å².